The molecule has 0 spiro atoms. The second-order valence-electron chi connectivity index (χ2n) is 3.39. The van der Waals surface area contributed by atoms with Crippen LogP contribution in [-0.2, 0) is 11.2 Å². The van der Waals surface area contributed by atoms with Crippen LogP contribution in [0.2, 0.25) is 0 Å². The van der Waals surface area contributed by atoms with E-state index in [-0.39, 0.29) is 5.92 Å². The van der Waals surface area contributed by atoms with Gasteiger partial charge in [-0.3, -0.25) is 4.79 Å². The summed E-state index contributed by atoms with van der Waals surface area (Å²) in [6, 6.07) is 8.24. The average Bonchev–Trinajstić information content (AvgIpc) is 2.12. The molecule has 0 amide bonds. The topological polar surface area (TPSA) is 17.1 Å². The van der Waals surface area contributed by atoms with E-state index in [1.807, 2.05) is 19.1 Å². The fourth-order valence-electron chi connectivity index (χ4n) is 1.83. The molecule has 1 heteroatoms. The molecular formula is C11H12O. The molecule has 0 saturated carbocycles. The predicted octanol–water partition coefficient (Wildman–Crippen LogP) is 2.31. The largest absolute Gasteiger partial charge is 0.299 e. The number of carbonyl (C=O) groups is 1. The van der Waals surface area contributed by atoms with Gasteiger partial charge >= 0.3 is 0 Å². The number of hydrogen-bond donors (Lipinski definition) is 0. The first-order chi connectivity index (χ1) is 5.79. The zero-order chi connectivity index (χ0) is 8.55. The molecule has 12 heavy (non-hydrogen) atoms. The molecule has 1 nitrogen and oxygen atoms in total. The number of fused-ring (bicyclic) bond motifs is 1. The second-order valence-corrected chi connectivity index (χ2v) is 3.39. The Morgan fingerprint density at radius 2 is 2.00 bits per heavy atom. The number of benzene rings is 1. The Bertz CT molecular complexity index is 315. The van der Waals surface area contributed by atoms with Gasteiger partial charge in [0.1, 0.15) is 5.78 Å². The summed E-state index contributed by atoms with van der Waals surface area (Å²) in [5, 5.41) is 0. The Kier molecular flexibility index (Phi) is 1.72. The summed E-state index contributed by atoms with van der Waals surface area (Å²) >= 11 is 0. The molecule has 0 N–H and O–H groups in total. The average molecular weight is 160 g/mol. The minimum atomic E-state index is 0.120. The minimum Gasteiger partial charge on any atom is -0.299 e. The number of rotatable bonds is 0. The Hall–Kier alpha value is -1.11. The van der Waals surface area contributed by atoms with Crippen LogP contribution in [0.1, 0.15) is 30.4 Å². The number of Topliss-reactive ketones (excluding diaryl/α,β-unsaturated/α-hetero) is 1. The first-order valence-corrected chi connectivity index (χ1v) is 4.39. The Labute approximate surface area is 72.4 Å². The summed E-state index contributed by atoms with van der Waals surface area (Å²) in [7, 11) is 0. The Morgan fingerprint density at radius 3 is 2.83 bits per heavy atom. The molecule has 0 saturated heterocycles. The molecule has 2 rings (SSSR count). The highest BCUT2D eigenvalue weighted by atomic mass is 16.1. The van der Waals surface area contributed by atoms with Gasteiger partial charge in [-0.25, -0.2) is 0 Å². The van der Waals surface area contributed by atoms with Crippen molar-refractivity contribution in [2.45, 2.75) is 25.7 Å². The van der Waals surface area contributed by atoms with Crippen LogP contribution in [0.3, 0.4) is 0 Å². The lowest BCUT2D eigenvalue weighted by molar-refractivity contribution is -0.120. The first-order valence-electron chi connectivity index (χ1n) is 4.39. The molecule has 1 aliphatic rings. The van der Waals surface area contributed by atoms with Crippen molar-refractivity contribution in [1.29, 1.82) is 0 Å². The molecule has 1 aliphatic carbocycles. The van der Waals surface area contributed by atoms with Crippen LogP contribution in [0.5, 0.6) is 0 Å². The summed E-state index contributed by atoms with van der Waals surface area (Å²) in [4.78, 5) is 11.4. The van der Waals surface area contributed by atoms with Crippen LogP contribution in [0, 0.1) is 0 Å². The highest BCUT2D eigenvalue weighted by molar-refractivity contribution is 5.87. The quantitative estimate of drug-likeness (QED) is 0.569. The lowest BCUT2D eigenvalue weighted by Crippen LogP contribution is -2.17. The lowest BCUT2D eigenvalue weighted by Gasteiger charge is -2.20. The van der Waals surface area contributed by atoms with Crippen LogP contribution in [0.4, 0.5) is 0 Å². The van der Waals surface area contributed by atoms with E-state index in [9.17, 15) is 4.79 Å². The van der Waals surface area contributed by atoms with Gasteiger partial charge in [-0.15, -0.1) is 0 Å². The van der Waals surface area contributed by atoms with E-state index in [1.54, 1.807) is 0 Å². The number of ketones is 1. The van der Waals surface area contributed by atoms with Crippen molar-refractivity contribution in [3.8, 4) is 0 Å². The standard InChI is InChI=1S/C11H12O/c1-8-10-5-3-2-4-9(10)6-7-11(8)12/h2-5,8H,6-7H2,1H3/t8-/m1/s1. The van der Waals surface area contributed by atoms with Gasteiger partial charge in [-0.1, -0.05) is 31.2 Å². The molecular weight excluding hydrogens is 148 g/mol. The fourth-order valence-corrected chi connectivity index (χ4v) is 1.83. The summed E-state index contributed by atoms with van der Waals surface area (Å²) in [6.45, 7) is 2.00. The van der Waals surface area contributed by atoms with Crippen molar-refractivity contribution < 1.29 is 4.79 Å². The fraction of sp³-hybridized carbons (Fsp3) is 0.364. The maximum atomic E-state index is 11.4. The van der Waals surface area contributed by atoms with Crippen LogP contribution in [-0.4, -0.2) is 5.78 Å². The van der Waals surface area contributed by atoms with E-state index in [1.165, 1.54) is 11.1 Å². The highest BCUT2D eigenvalue weighted by Crippen LogP contribution is 2.27. The third-order valence-corrected chi connectivity index (χ3v) is 2.65. The minimum absolute atomic E-state index is 0.120. The van der Waals surface area contributed by atoms with E-state index in [2.05, 4.69) is 12.1 Å². The molecule has 0 fully saturated rings. The van der Waals surface area contributed by atoms with E-state index >= 15 is 0 Å². The normalized spacial score (nSPS) is 22.1. The summed E-state index contributed by atoms with van der Waals surface area (Å²) in [5.74, 6) is 0.503. The highest BCUT2D eigenvalue weighted by Gasteiger charge is 2.22. The number of carbonyl (C=O) groups excluding carboxylic acids is 1. The van der Waals surface area contributed by atoms with Gasteiger partial charge in [-0.2, -0.15) is 0 Å². The molecule has 0 radical (unpaired) electrons. The molecule has 0 aromatic heterocycles. The molecule has 1 atom stereocenters. The van der Waals surface area contributed by atoms with Gasteiger partial charge < -0.3 is 0 Å². The monoisotopic (exact) mass is 160 g/mol. The first kappa shape index (κ1) is 7.53. The van der Waals surface area contributed by atoms with Crippen molar-refractivity contribution in [2.24, 2.45) is 0 Å². The molecule has 0 unspecified atom stereocenters. The predicted molar refractivity (Wildman–Crippen MR) is 48.2 cm³/mol. The molecule has 62 valence electrons. The third-order valence-electron chi connectivity index (χ3n) is 2.65. The molecule has 1 aromatic carbocycles. The maximum absolute atomic E-state index is 11.4. The maximum Gasteiger partial charge on any atom is 0.140 e. The van der Waals surface area contributed by atoms with Crippen molar-refractivity contribution in [2.75, 3.05) is 0 Å². The number of hydrogen-bond acceptors (Lipinski definition) is 1. The van der Waals surface area contributed by atoms with Crippen LogP contribution in [0.25, 0.3) is 0 Å². The van der Waals surface area contributed by atoms with Crippen LogP contribution < -0.4 is 0 Å². The van der Waals surface area contributed by atoms with Gasteiger partial charge in [0, 0.05) is 12.3 Å². The van der Waals surface area contributed by atoms with Crippen molar-refractivity contribution in [1.82, 2.24) is 0 Å². The Balaban J connectivity index is 2.48. The zero-order valence-electron chi connectivity index (χ0n) is 7.21. The van der Waals surface area contributed by atoms with Gasteiger partial charge in [0.25, 0.3) is 0 Å². The number of aryl methyl sites for hydroxylation is 1. The summed E-state index contributed by atoms with van der Waals surface area (Å²) in [6.07, 6.45) is 1.65. The van der Waals surface area contributed by atoms with Gasteiger partial charge in [0.05, 0.1) is 0 Å². The van der Waals surface area contributed by atoms with E-state index in [4.69, 9.17) is 0 Å². The third kappa shape index (κ3) is 1.06. The van der Waals surface area contributed by atoms with E-state index < -0.39 is 0 Å². The van der Waals surface area contributed by atoms with Crippen molar-refractivity contribution in [3.05, 3.63) is 35.4 Å². The van der Waals surface area contributed by atoms with Crippen LogP contribution in [0.15, 0.2) is 24.3 Å². The van der Waals surface area contributed by atoms with Crippen molar-refractivity contribution >= 4 is 5.78 Å². The summed E-state index contributed by atoms with van der Waals surface area (Å²) < 4.78 is 0. The van der Waals surface area contributed by atoms with E-state index in [0.717, 1.165) is 12.8 Å². The SMILES string of the molecule is C[C@H]1C(=O)CCc2ccccc21. The molecule has 0 bridgehead atoms. The van der Waals surface area contributed by atoms with Crippen LogP contribution >= 0.6 is 0 Å². The molecule has 0 heterocycles. The van der Waals surface area contributed by atoms with Crippen molar-refractivity contribution in [3.63, 3.8) is 0 Å². The zero-order valence-corrected chi connectivity index (χ0v) is 7.21. The smallest absolute Gasteiger partial charge is 0.140 e. The lowest BCUT2D eigenvalue weighted by atomic mass is 9.83. The Morgan fingerprint density at radius 1 is 1.25 bits per heavy atom. The summed E-state index contributed by atoms with van der Waals surface area (Å²) in [5.41, 5.74) is 2.58. The van der Waals surface area contributed by atoms with Gasteiger partial charge in [-0.05, 0) is 17.5 Å². The second kappa shape index (κ2) is 2.74. The molecule has 1 aromatic rings. The van der Waals surface area contributed by atoms with E-state index in [0.29, 0.717) is 5.78 Å². The van der Waals surface area contributed by atoms with Gasteiger partial charge in [0.15, 0.2) is 0 Å². The van der Waals surface area contributed by atoms with Gasteiger partial charge in [0.2, 0.25) is 0 Å². The molecule has 0 aliphatic heterocycles.